The fourth-order valence-corrected chi connectivity index (χ4v) is 5.51. The Balaban J connectivity index is 1.76. The molecular weight excluding hydrogens is 513 g/mol. The molecule has 1 fully saturated rings. The number of carbonyl (C=O) groups excluding carboxylic acids is 2. The first-order valence-electron chi connectivity index (χ1n) is 11.2. The molecule has 1 atom stereocenters. The number of nitriles is 1. The smallest absolute Gasteiger partial charge is 0.269 e. The number of anilines is 2. The van der Waals surface area contributed by atoms with Crippen molar-refractivity contribution in [2.75, 3.05) is 10.2 Å². The lowest BCUT2D eigenvalue weighted by Crippen LogP contribution is -2.31. The maximum Gasteiger partial charge on any atom is 0.269 e. The summed E-state index contributed by atoms with van der Waals surface area (Å²) in [6.45, 7) is 5.86. The molecule has 1 heterocycles. The van der Waals surface area contributed by atoms with Gasteiger partial charge in [-0.3, -0.25) is 14.5 Å². The lowest BCUT2D eigenvalue weighted by Gasteiger charge is -2.20. The summed E-state index contributed by atoms with van der Waals surface area (Å²) in [6.07, 6.45) is 0.402. The summed E-state index contributed by atoms with van der Waals surface area (Å²) < 4.78 is 0. The first-order chi connectivity index (χ1) is 17.2. The Kier molecular flexibility index (Phi) is 7.75. The number of nitrogens with zero attached hydrogens (tertiary/aromatic N) is 2. The number of hydrogen-bond donors (Lipinski definition) is 1. The standard InChI is InChI=1S/C28H23Cl2N3O2S/c1-16-9-11-20(12-18(16)3)33-27(35)25(14-19-10-8-17(2)23(30)13-19)36-28(33)21(15-31)26(34)32-24-7-5-4-6-22(24)29/h4-13,25H,14H2,1-3H3,(H,32,34)/b28-21-/t25-/m1/s1. The van der Waals surface area contributed by atoms with Crippen molar-refractivity contribution in [1.29, 1.82) is 5.26 Å². The molecule has 0 unspecified atom stereocenters. The van der Waals surface area contributed by atoms with Gasteiger partial charge in [0.15, 0.2) is 0 Å². The van der Waals surface area contributed by atoms with Crippen LogP contribution in [0.4, 0.5) is 11.4 Å². The number of nitrogens with one attached hydrogen (secondary N) is 1. The molecule has 0 aromatic heterocycles. The van der Waals surface area contributed by atoms with Crippen LogP contribution in [0, 0.1) is 32.1 Å². The number of benzene rings is 3. The van der Waals surface area contributed by atoms with Crippen LogP contribution in [-0.2, 0) is 16.0 Å². The quantitative estimate of drug-likeness (QED) is 0.282. The van der Waals surface area contributed by atoms with Gasteiger partial charge in [-0.05, 0) is 79.8 Å². The summed E-state index contributed by atoms with van der Waals surface area (Å²) in [5.74, 6) is -0.831. The number of halogens is 2. The highest BCUT2D eigenvalue weighted by Gasteiger charge is 2.41. The molecule has 0 spiro atoms. The molecule has 0 radical (unpaired) electrons. The van der Waals surface area contributed by atoms with Crippen molar-refractivity contribution in [3.05, 3.63) is 104 Å². The van der Waals surface area contributed by atoms with E-state index in [1.54, 1.807) is 24.3 Å². The largest absolute Gasteiger partial charge is 0.320 e. The van der Waals surface area contributed by atoms with Crippen LogP contribution in [0.2, 0.25) is 10.0 Å². The third-order valence-corrected chi connectivity index (χ3v) is 8.03. The van der Waals surface area contributed by atoms with Gasteiger partial charge in [0.25, 0.3) is 5.91 Å². The van der Waals surface area contributed by atoms with Crippen LogP contribution in [0.15, 0.2) is 71.3 Å². The molecule has 182 valence electrons. The second-order valence-electron chi connectivity index (χ2n) is 8.56. The Morgan fingerprint density at radius 1 is 1.00 bits per heavy atom. The van der Waals surface area contributed by atoms with Crippen LogP contribution < -0.4 is 10.2 Å². The van der Waals surface area contributed by atoms with Crippen molar-refractivity contribution < 1.29 is 9.59 Å². The van der Waals surface area contributed by atoms with Gasteiger partial charge in [0.05, 0.1) is 16.0 Å². The second-order valence-corrected chi connectivity index (χ2v) is 10.6. The van der Waals surface area contributed by atoms with E-state index in [1.807, 2.05) is 63.2 Å². The Morgan fingerprint density at radius 2 is 1.72 bits per heavy atom. The van der Waals surface area contributed by atoms with Gasteiger partial charge >= 0.3 is 0 Å². The summed E-state index contributed by atoms with van der Waals surface area (Å²) in [7, 11) is 0. The summed E-state index contributed by atoms with van der Waals surface area (Å²) in [5.41, 5.74) is 4.76. The lowest BCUT2D eigenvalue weighted by atomic mass is 10.1. The Hall–Kier alpha value is -3.24. The minimum absolute atomic E-state index is 0.157. The van der Waals surface area contributed by atoms with Gasteiger partial charge in [0, 0.05) is 10.7 Å². The maximum atomic E-state index is 13.7. The van der Waals surface area contributed by atoms with E-state index >= 15 is 0 Å². The molecule has 5 nitrogen and oxygen atoms in total. The van der Waals surface area contributed by atoms with Crippen molar-refractivity contribution >= 4 is 58.2 Å². The van der Waals surface area contributed by atoms with Gasteiger partial charge in [-0.2, -0.15) is 5.26 Å². The molecule has 1 aliphatic heterocycles. The molecular formula is C28H23Cl2N3O2S. The van der Waals surface area contributed by atoms with Gasteiger partial charge in [-0.25, -0.2) is 0 Å². The molecule has 4 rings (SSSR count). The van der Waals surface area contributed by atoms with E-state index in [9.17, 15) is 14.9 Å². The topological polar surface area (TPSA) is 73.2 Å². The average molecular weight is 536 g/mol. The zero-order valence-corrected chi connectivity index (χ0v) is 22.3. The number of hydrogen-bond acceptors (Lipinski definition) is 4. The van der Waals surface area contributed by atoms with E-state index in [-0.39, 0.29) is 11.5 Å². The minimum Gasteiger partial charge on any atom is -0.320 e. The summed E-state index contributed by atoms with van der Waals surface area (Å²) in [6, 6.07) is 20.1. The SMILES string of the molecule is Cc1ccc(N2C(=O)[C@@H](Cc3ccc(C)c(Cl)c3)S/C2=C(/C#N)C(=O)Nc2ccccc2Cl)cc1C. The Morgan fingerprint density at radius 3 is 2.39 bits per heavy atom. The van der Waals surface area contributed by atoms with Gasteiger partial charge in [-0.15, -0.1) is 0 Å². The predicted molar refractivity (Wildman–Crippen MR) is 147 cm³/mol. The molecule has 1 N–H and O–H groups in total. The highest BCUT2D eigenvalue weighted by Crippen LogP contribution is 2.42. The van der Waals surface area contributed by atoms with E-state index in [1.165, 1.54) is 16.7 Å². The molecule has 0 saturated carbocycles. The van der Waals surface area contributed by atoms with Crippen LogP contribution in [0.3, 0.4) is 0 Å². The number of para-hydroxylation sites is 1. The van der Waals surface area contributed by atoms with E-state index < -0.39 is 11.2 Å². The number of carbonyl (C=O) groups is 2. The number of aryl methyl sites for hydroxylation is 3. The van der Waals surface area contributed by atoms with Crippen LogP contribution >= 0.6 is 35.0 Å². The van der Waals surface area contributed by atoms with Crippen molar-refractivity contribution in [2.24, 2.45) is 0 Å². The second kappa shape index (κ2) is 10.8. The van der Waals surface area contributed by atoms with Crippen molar-refractivity contribution in [1.82, 2.24) is 0 Å². The highest BCUT2D eigenvalue weighted by atomic mass is 35.5. The van der Waals surface area contributed by atoms with Gasteiger partial charge in [-0.1, -0.05) is 65.3 Å². The number of amides is 2. The molecule has 0 bridgehead atoms. The molecule has 8 heteroatoms. The minimum atomic E-state index is -0.631. The number of rotatable bonds is 5. The molecule has 1 aliphatic rings. The van der Waals surface area contributed by atoms with Gasteiger partial charge < -0.3 is 5.32 Å². The first kappa shape index (κ1) is 25.8. The van der Waals surface area contributed by atoms with E-state index in [0.29, 0.717) is 32.9 Å². The molecule has 0 aliphatic carbocycles. The third-order valence-electron chi connectivity index (χ3n) is 6.03. The van der Waals surface area contributed by atoms with Gasteiger partial charge in [0.1, 0.15) is 16.7 Å². The highest BCUT2D eigenvalue weighted by molar-refractivity contribution is 8.05. The molecule has 3 aromatic rings. The first-order valence-corrected chi connectivity index (χ1v) is 12.9. The Labute approximate surface area is 224 Å². The van der Waals surface area contributed by atoms with Gasteiger partial charge in [0.2, 0.25) is 5.91 Å². The molecule has 2 amide bonds. The number of thioether (sulfide) groups is 1. The third kappa shape index (κ3) is 5.29. The monoisotopic (exact) mass is 535 g/mol. The van der Waals surface area contributed by atoms with E-state index in [4.69, 9.17) is 23.2 Å². The van der Waals surface area contributed by atoms with Crippen molar-refractivity contribution in [2.45, 2.75) is 32.4 Å². The lowest BCUT2D eigenvalue weighted by molar-refractivity contribution is -0.117. The Bertz CT molecular complexity index is 1440. The predicted octanol–water partition coefficient (Wildman–Crippen LogP) is 6.98. The van der Waals surface area contributed by atoms with Crippen LogP contribution in [0.1, 0.15) is 22.3 Å². The van der Waals surface area contributed by atoms with E-state index in [2.05, 4.69) is 5.32 Å². The average Bonchev–Trinajstić information content (AvgIpc) is 3.15. The molecule has 1 saturated heterocycles. The van der Waals surface area contributed by atoms with Crippen molar-refractivity contribution in [3.8, 4) is 6.07 Å². The van der Waals surface area contributed by atoms with Crippen molar-refractivity contribution in [3.63, 3.8) is 0 Å². The molecule has 3 aromatic carbocycles. The normalized spacial score (nSPS) is 16.6. The zero-order valence-electron chi connectivity index (χ0n) is 19.9. The van der Waals surface area contributed by atoms with Crippen LogP contribution in [0.25, 0.3) is 0 Å². The maximum absolute atomic E-state index is 13.7. The van der Waals surface area contributed by atoms with Crippen LogP contribution in [0.5, 0.6) is 0 Å². The van der Waals surface area contributed by atoms with E-state index in [0.717, 1.165) is 22.3 Å². The summed E-state index contributed by atoms with van der Waals surface area (Å²) >= 11 is 13.7. The summed E-state index contributed by atoms with van der Waals surface area (Å²) in [5, 5.41) is 13.5. The van der Waals surface area contributed by atoms with Crippen LogP contribution in [-0.4, -0.2) is 17.1 Å². The zero-order chi connectivity index (χ0) is 26.0. The fraction of sp³-hybridized carbons (Fsp3) is 0.179. The fourth-order valence-electron chi connectivity index (χ4n) is 3.81. The molecule has 36 heavy (non-hydrogen) atoms. The summed E-state index contributed by atoms with van der Waals surface area (Å²) in [4.78, 5) is 28.4.